The maximum absolute atomic E-state index is 13.2. The van der Waals surface area contributed by atoms with Gasteiger partial charge in [0.2, 0.25) is 5.95 Å². The first-order valence-electron chi connectivity index (χ1n) is 5.16. The average Bonchev–Trinajstić information content (AvgIpc) is 2.29. The molecule has 4 nitrogen and oxygen atoms in total. The standard InChI is InChI=1S/C11H14F2N2O2/c1-7(4-6-17-2)15-11(16)8-3-5-14-10(13)9(8)12/h3,5,7H,4,6H2,1-2H3,(H,15,16). The van der Waals surface area contributed by atoms with Crippen LogP contribution in [0.25, 0.3) is 0 Å². The molecule has 0 fully saturated rings. The number of pyridine rings is 1. The van der Waals surface area contributed by atoms with Gasteiger partial charge in [-0.25, -0.2) is 9.37 Å². The highest BCUT2D eigenvalue weighted by molar-refractivity contribution is 5.94. The summed E-state index contributed by atoms with van der Waals surface area (Å²) in [4.78, 5) is 14.7. The van der Waals surface area contributed by atoms with E-state index in [1.807, 2.05) is 0 Å². The van der Waals surface area contributed by atoms with Crippen molar-refractivity contribution in [3.8, 4) is 0 Å². The van der Waals surface area contributed by atoms with Crippen molar-refractivity contribution in [3.05, 3.63) is 29.6 Å². The Bertz CT molecular complexity index is 399. The maximum atomic E-state index is 13.2. The summed E-state index contributed by atoms with van der Waals surface area (Å²) in [5.74, 6) is -3.17. The average molecular weight is 244 g/mol. The fraction of sp³-hybridized carbons (Fsp3) is 0.455. The second-order valence-corrected chi connectivity index (χ2v) is 3.62. The van der Waals surface area contributed by atoms with Gasteiger partial charge in [-0.05, 0) is 19.4 Å². The number of rotatable bonds is 5. The number of carbonyl (C=O) groups excluding carboxylic acids is 1. The number of ether oxygens (including phenoxy) is 1. The first kappa shape index (κ1) is 13.5. The molecule has 1 rings (SSSR count). The van der Waals surface area contributed by atoms with Gasteiger partial charge in [-0.3, -0.25) is 4.79 Å². The molecule has 0 bridgehead atoms. The van der Waals surface area contributed by atoms with Crippen LogP contribution in [0.5, 0.6) is 0 Å². The topological polar surface area (TPSA) is 51.2 Å². The number of aromatic nitrogens is 1. The molecule has 0 aromatic carbocycles. The van der Waals surface area contributed by atoms with Gasteiger partial charge in [-0.1, -0.05) is 0 Å². The van der Waals surface area contributed by atoms with E-state index >= 15 is 0 Å². The van der Waals surface area contributed by atoms with E-state index < -0.39 is 17.7 Å². The van der Waals surface area contributed by atoms with E-state index in [0.717, 1.165) is 12.3 Å². The Labute approximate surface area is 98.0 Å². The molecule has 1 aromatic heterocycles. The molecule has 6 heteroatoms. The zero-order chi connectivity index (χ0) is 12.8. The molecule has 1 unspecified atom stereocenters. The van der Waals surface area contributed by atoms with Crippen LogP contribution < -0.4 is 5.32 Å². The number of hydrogen-bond donors (Lipinski definition) is 1. The Kier molecular flexibility index (Phi) is 4.96. The van der Waals surface area contributed by atoms with E-state index in [1.165, 1.54) is 0 Å². The second kappa shape index (κ2) is 6.24. The lowest BCUT2D eigenvalue weighted by molar-refractivity contribution is 0.0924. The Morgan fingerprint density at radius 2 is 2.29 bits per heavy atom. The first-order valence-corrected chi connectivity index (χ1v) is 5.16. The van der Waals surface area contributed by atoms with Crippen molar-refractivity contribution in [2.24, 2.45) is 0 Å². The third-order valence-electron chi connectivity index (χ3n) is 2.22. The highest BCUT2D eigenvalue weighted by atomic mass is 19.2. The molecule has 0 radical (unpaired) electrons. The summed E-state index contributed by atoms with van der Waals surface area (Å²) in [6.45, 7) is 2.24. The third kappa shape index (κ3) is 3.74. The summed E-state index contributed by atoms with van der Waals surface area (Å²) < 4.78 is 30.9. The van der Waals surface area contributed by atoms with Gasteiger partial charge in [0.1, 0.15) is 0 Å². The third-order valence-corrected chi connectivity index (χ3v) is 2.22. The quantitative estimate of drug-likeness (QED) is 0.799. The Balaban J connectivity index is 2.67. The van der Waals surface area contributed by atoms with Crippen LogP contribution in [0.1, 0.15) is 23.7 Å². The van der Waals surface area contributed by atoms with Crippen LogP contribution in [0, 0.1) is 11.8 Å². The largest absolute Gasteiger partial charge is 0.385 e. The van der Waals surface area contributed by atoms with E-state index in [0.29, 0.717) is 13.0 Å². The summed E-state index contributed by atoms with van der Waals surface area (Å²) >= 11 is 0. The molecular weight excluding hydrogens is 230 g/mol. The summed E-state index contributed by atoms with van der Waals surface area (Å²) in [6.07, 6.45) is 1.64. The zero-order valence-corrected chi connectivity index (χ0v) is 9.67. The van der Waals surface area contributed by atoms with Crippen molar-refractivity contribution in [3.63, 3.8) is 0 Å². The number of halogens is 2. The van der Waals surface area contributed by atoms with Crippen molar-refractivity contribution in [2.75, 3.05) is 13.7 Å². The van der Waals surface area contributed by atoms with E-state index in [9.17, 15) is 13.6 Å². The smallest absolute Gasteiger partial charge is 0.254 e. The first-order chi connectivity index (χ1) is 8.06. The molecule has 17 heavy (non-hydrogen) atoms. The van der Waals surface area contributed by atoms with Gasteiger partial charge in [0, 0.05) is 26.0 Å². The molecule has 0 saturated carbocycles. The fourth-order valence-corrected chi connectivity index (χ4v) is 1.26. The number of methoxy groups -OCH3 is 1. The van der Waals surface area contributed by atoms with Gasteiger partial charge in [-0.15, -0.1) is 0 Å². The summed E-state index contributed by atoms with van der Waals surface area (Å²) in [5.41, 5.74) is -0.346. The number of carbonyl (C=O) groups is 1. The summed E-state index contributed by atoms with van der Waals surface area (Å²) in [7, 11) is 1.55. The van der Waals surface area contributed by atoms with Gasteiger partial charge in [-0.2, -0.15) is 4.39 Å². The van der Waals surface area contributed by atoms with Gasteiger partial charge < -0.3 is 10.1 Å². The normalized spacial score (nSPS) is 12.2. The second-order valence-electron chi connectivity index (χ2n) is 3.62. The molecular formula is C11H14F2N2O2. The van der Waals surface area contributed by atoms with Crippen molar-refractivity contribution >= 4 is 5.91 Å². The molecule has 94 valence electrons. The van der Waals surface area contributed by atoms with Crippen molar-refractivity contribution in [1.82, 2.24) is 10.3 Å². The zero-order valence-electron chi connectivity index (χ0n) is 9.67. The Morgan fingerprint density at radius 1 is 1.59 bits per heavy atom. The predicted octanol–water partition coefficient (Wildman–Crippen LogP) is 1.51. The van der Waals surface area contributed by atoms with Crippen LogP contribution in [-0.2, 0) is 4.74 Å². The molecule has 0 aliphatic heterocycles. The van der Waals surface area contributed by atoms with Crippen LogP contribution in [0.15, 0.2) is 12.3 Å². The van der Waals surface area contributed by atoms with Crippen LogP contribution in [0.4, 0.5) is 8.78 Å². The van der Waals surface area contributed by atoms with E-state index in [1.54, 1.807) is 14.0 Å². The molecule has 0 aliphatic rings. The fourth-order valence-electron chi connectivity index (χ4n) is 1.26. The monoisotopic (exact) mass is 244 g/mol. The highest BCUT2D eigenvalue weighted by Crippen LogP contribution is 2.09. The number of amides is 1. The molecule has 0 spiro atoms. The number of nitrogens with zero attached hydrogens (tertiary/aromatic N) is 1. The van der Waals surface area contributed by atoms with Crippen LogP contribution in [0.2, 0.25) is 0 Å². The Morgan fingerprint density at radius 3 is 2.94 bits per heavy atom. The lowest BCUT2D eigenvalue weighted by Gasteiger charge is -2.13. The summed E-state index contributed by atoms with van der Waals surface area (Å²) in [6, 6.07) is 0.953. The number of hydrogen-bond acceptors (Lipinski definition) is 3. The molecule has 1 atom stereocenters. The van der Waals surface area contributed by atoms with Crippen LogP contribution >= 0.6 is 0 Å². The van der Waals surface area contributed by atoms with Gasteiger partial charge in [0.25, 0.3) is 5.91 Å². The van der Waals surface area contributed by atoms with Crippen molar-refractivity contribution < 1.29 is 18.3 Å². The van der Waals surface area contributed by atoms with Gasteiger partial charge in [0.15, 0.2) is 5.82 Å². The minimum atomic E-state index is -1.28. The minimum Gasteiger partial charge on any atom is -0.385 e. The summed E-state index contributed by atoms with van der Waals surface area (Å²) in [5, 5.41) is 2.55. The maximum Gasteiger partial charge on any atom is 0.254 e. The molecule has 1 heterocycles. The minimum absolute atomic E-state index is 0.182. The van der Waals surface area contributed by atoms with Crippen LogP contribution in [-0.4, -0.2) is 30.6 Å². The predicted molar refractivity (Wildman–Crippen MR) is 57.6 cm³/mol. The molecule has 1 aromatic rings. The van der Waals surface area contributed by atoms with Crippen molar-refractivity contribution in [2.45, 2.75) is 19.4 Å². The number of nitrogens with one attached hydrogen (secondary N) is 1. The van der Waals surface area contributed by atoms with E-state index in [4.69, 9.17) is 4.74 Å². The molecule has 1 amide bonds. The van der Waals surface area contributed by atoms with Gasteiger partial charge in [0.05, 0.1) is 5.56 Å². The van der Waals surface area contributed by atoms with E-state index in [-0.39, 0.29) is 11.6 Å². The molecule has 0 saturated heterocycles. The van der Waals surface area contributed by atoms with Crippen molar-refractivity contribution in [1.29, 1.82) is 0 Å². The van der Waals surface area contributed by atoms with Crippen LogP contribution in [0.3, 0.4) is 0 Å². The lowest BCUT2D eigenvalue weighted by Crippen LogP contribution is -2.34. The Hall–Kier alpha value is -1.56. The van der Waals surface area contributed by atoms with E-state index in [2.05, 4.69) is 10.3 Å². The van der Waals surface area contributed by atoms with Gasteiger partial charge >= 0.3 is 0 Å². The SMILES string of the molecule is COCCC(C)NC(=O)c1ccnc(F)c1F. The molecule has 0 aliphatic carbocycles. The highest BCUT2D eigenvalue weighted by Gasteiger charge is 2.17. The lowest BCUT2D eigenvalue weighted by atomic mass is 10.2. The molecule has 1 N–H and O–H groups in total.